The number of carbonyl (C=O) groups is 4. The first-order valence-electron chi connectivity index (χ1n) is 26.1. The Labute approximate surface area is 476 Å². The first-order valence-corrected chi connectivity index (χ1v) is 26.1. The summed E-state index contributed by atoms with van der Waals surface area (Å²) in [5.41, 5.74) is 0. The molecule has 1 aromatic heterocycles. The molecular formula is C50H89IN2O25. The second-order valence-electron chi connectivity index (χ2n) is 16.4. The molecule has 0 amide bonds. The Morgan fingerprint density at radius 1 is 0.397 bits per heavy atom. The van der Waals surface area contributed by atoms with Crippen molar-refractivity contribution in [1.29, 1.82) is 0 Å². The average Bonchev–Trinajstić information content (AvgIpc) is 3.89. The van der Waals surface area contributed by atoms with Crippen LogP contribution in [0.15, 0.2) is 18.7 Å². The summed E-state index contributed by atoms with van der Waals surface area (Å²) in [5.74, 6) is -2.69. The average molecular weight is 1250 g/mol. The molecule has 1 saturated heterocycles. The number of nitrogens with zero attached hydrogens (tertiary/aromatic N) is 2. The van der Waals surface area contributed by atoms with Crippen LogP contribution in [0.2, 0.25) is 0 Å². The summed E-state index contributed by atoms with van der Waals surface area (Å²) in [6.07, 6.45) is -0.735. The molecule has 28 heteroatoms. The van der Waals surface area contributed by atoms with Crippen molar-refractivity contribution in [2.45, 2.75) is 64.9 Å². The zero-order chi connectivity index (χ0) is 55.7. The Morgan fingerprint density at radius 3 is 0.974 bits per heavy atom. The van der Waals surface area contributed by atoms with Gasteiger partial charge in [-0.2, -0.15) is 0 Å². The molecule has 0 bridgehead atoms. The molecule has 456 valence electrons. The first-order chi connectivity index (χ1) is 37.6. The van der Waals surface area contributed by atoms with Crippen molar-refractivity contribution >= 4 is 23.9 Å². The van der Waals surface area contributed by atoms with Crippen LogP contribution >= 0.6 is 0 Å². The molecule has 0 aromatic carbocycles. The minimum atomic E-state index is -1.27. The molecule has 1 fully saturated rings. The number of imidazole rings is 1. The van der Waals surface area contributed by atoms with Crippen LogP contribution in [-0.4, -0.2) is 271 Å². The Kier molecular flexibility index (Phi) is 49.0. The zero-order valence-electron chi connectivity index (χ0n) is 46.4. The second-order valence-corrected chi connectivity index (χ2v) is 16.4. The maximum Gasteiger partial charge on any atom is 0.303 e. The zero-order valence-corrected chi connectivity index (χ0v) is 48.6. The van der Waals surface area contributed by atoms with Crippen LogP contribution in [0, 0.1) is 0 Å². The van der Waals surface area contributed by atoms with Gasteiger partial charge in [-0.1, -0.05) is 0 Å². The fourth-order valence-corrected chi connectivity index (χ4v) is 6.63. The van der Waals surface area contributed by atoms with Crippen molar-refractivity contribution in [3.05, 3.63) is 18.7 Å². The third-order valence-corrected chi connectivity index (χ3v) is 10.1. The Balaban J connectivity index is 0.0000304. The van der Waals surface area contributed by atoms with Gasteiger partial charge in [0.05, 0.1) is 205 Å². The monoisotopic (exact) mass is 1240 g/mol. The van der Waals surface area contributed by atoms with E-state index in [4.69, 9.17) is 99.5 Å². The normalized spacial score (nSPS) is 17.2. The number of ether oxygens (including phenoxy) is 21. The summed E-state index contributed by atoms with van der Waals surface area (Å²) < 4.78 is 119. The number of carbonyl (C=O) groups excluding carboxylic acids is 4. The molecule has 1 aromatic rings. The molecule has 78 heavy (non-hydrogen) atoms. The molecule has 1 aliphatic rings. The lowest BCUT2D eigenvalue weighted by molar-refractivity contribution is -0.698. The van der Waals surface area contributed by atoms with Crippen LogP contribution in [0.25, 0.3) is 0 Å². The highest BCUT2D eigenvalue weighted by molar-refractivity contribution is 5.68. The molecule has 0 radical (unpaired) electrons. The fourth-order valence-electron chi connectivity index (χ4n) is 6.63. The number of hydrogen-bond donors (Lipinski definition) is 0. The highest BCUT2D eigenvalue weighted by atomic mass is 127. The van der Waals surface area contributed by atoms with E-state index in [1.807, 2.05) is 4.57 Å². The molecule has 1 aliphatic heterocycles. The van der Waals surface area contributed by atoms with Gasteiger partial charge in [-0.05, 0) is 0 Å². The molecular weight excluding hydrogens is 1160 g/mol. The van der Waals surface area contributed by atoms with Crippen LogP contribution in [-0.2, 0) is 125 Å². The van der Waals surface area contributed by atoms with E-state index in [2.05, 4.69) is 0 Å². The number of halogens is 1. The van der Waals surface area contributed by atoms with Gasteiger partial charge in [0.2, 0.25) is 18.7 Å². The molecule has 2 rings (SSSR count). The quantitative estimate of drug-likeness (QED) is 0.0206. The van der Waals surface area contributed by atoms with E-state index in [0.29, 0.717) is 211 Å². The highest BCUT2D eigenvalue weighted by Crippen LogP contribution is 2.34. The molecule has 2 heterocycles. The molecule has 0 saturated carbocycles. The maximum absolute atomic E-state index is 12.2. The first kappa shape index (κ1) is 73.2. The van der Waals surface area contributed by atoms with Crippen LogP contribution in [0.1, 0.15) is 33.9 Å². The SMILES string of the molecule is COCCOCCOCCOCCOCCOCCOCCOCCOCCOCCOCCOCCOCCOCCOCCOCC[n+]1ccn([C@@H]2O[C@H](COC(C)=O)[C@@H](OC(C)=O)[C@H](OC(C)=O)[C@H]2OC(C)=O)c1.[I-]. The number of esters is 4. The molecule has 0 N–H and O–H groups in total. The van der Waals surface area contributed by atoms with Crippen molar-refractivity contribution in [2.75, 3.05) is 219 Å². The second kappa shape index (κ2) is 52.2. The smallest absolute Gasteiger partial charge is 0.303 e. The molecule has 0 spiro atoms. The van der Waals surface area contributed by atoms with Gasteiger partial charge in [0, 0.05) is 34.8 Å². The van der Waals surface area contributed by atoms with Crippen LogP contribution in [0.5, 0.6) is 0 Å². The van der Waals surface area contributed by atoms with Crippen molar-refractivity contribution in [3.63, 3.8) is 0 Å². The number of hydrogen-bond acceptors (Lipinski definition) is 25. The summed E-state index contributed by atoms with van der Waals surface area (Å²) in [6.45, 7) is 19.4. The highest BCUT2D eigenvalue weighted by Gasteiger charge is 2.54. The van der Waals surface area contributed by atoms with Gasteiger partial charge in [0.15, 0.2) is 12.2 Å². The number of methoxy groups -OCH3 is 1. The van der Waals surface area contributed by atoms with Crippen molar-refractivity contribution < 1.29 is 147 Å². The Bertz CT molecular complexity index is 1590. The summed E-state index contributed by atoms with van der Waals surface area (Å²) in [5, 5.41) is 0. The van der Waals surface area contributed by atoms with Crippen LogP contribution in [0.4, 0.5) is 0 Å². The summed E-state index contributed by atoms with van der Waals surface area (Å²) in [4.78, 5) is 48.0. The van der Waals surface area contributed by atoms with E-state index < -0.39 is 54.5 Å². The van der Waals surface area contributed by atoms with E-state index in [0.717, 1.165) is 0 Å². The third-order valence-electron chi connectivity index (χ3n) is 10.1. The fraction of sp³-hybridized carbons (Fsp3) is 0.860. The summed E-state index contributed by atoms with van der Waals surface area (Å²) in [6, 6.07) is 0. The number of rotatable bonds is 54. The summed E-state index contributed by atoms with van der Waals surface area (Å²) >= 11 is 0. The van der Waals surface area contributed by atoms with Gasteiger partial charge in [0.1, 0.15) is 31.6 Å². The topological polar surface area (TPSA) is 271 Å². The lowest BCUT2D eigenvalue weighted by Gasteiger charge is -2.42. The maximum atomic E-state index is 12.2. The van der Waals surface area contributed by atoms with Crippen LogP contribution in [0.3, 0.4) is 0 Å². The van der Waals surface area contributed by atoms with Gasteiger partial charge in [-0.3, -0.25) is 19.2 Å². The van der Waals surface area contributed by atoms with Crippen LogP contribution < -0.4 is 28.5 Å². The third kappa shape index (κ3) is 41.2. The van der Waals surface area contributed by atoms with E-state index in [1.165, 1.54) is 27.7 Å². The van der Waals surface area contributed by atoms with Gasteiger partial charge < -0.3 is 123 Å². The lowest BCUT2D eigenvalue weighted by atomic mass is 9.97. The van der Waals surface area contributed by atoms with Crippen molar-refractivity contribution in [1.82, 2.24) is 4.57 Å². The van der Waals surface area contributed by atoms with Gasteiger partial charge in [-0.15, -0.1) is 0 Å². The molecule has 0 aliphatic carbocycles. The molecule has 27 nitrogen and oxygen atoms in total. The van der Waals surface area contributed by atoms with Gasteiger partial charge >= 0.3 is 23.9 Å². The number of aromatic nitrogens is 2. The van der Waals surface area contributed by atoms with E-state index in [1.54, 1.807) is 30.4 Å². The molecule has 0 unspecified atom stereocenters. The summed E-state index contributed by atoms with van der Waals surface area (Å²) in [7, 11) is 1.64. The molecule has 5 atom stereocenters. The largest absolute Gasteiger partial charge is 1.00 e. The lowest BCUT2D eigenvalue weighted by Crippen LogP contribution is -3.00. The minimum absolute atomic E-state index is 0. The van der Waals surface area contributed by atoms with Crippen molar-refractivity contribution in [3.8, 4) is 0 Å². The Morgan fingerprint density at radius 2 is 0.679 bits per heavy atom. The van der Waals surface area contributed by atoms with Gasteiger partial charge in [0.25, 0.3) is 0 Å². The van der Waals surface area contributed by atoms with Crippen molar-refractivity contribution in [2.24, 2.45) is 0 Å². The standard InChI is InChI=1S/C50H89N2O25.HI/c1-42(53)73-40-46-47(74-43(2)54)48(75-44(3)55)49(76-45(4)56)50(77-46)52-7-6-51(41-52)8-9-58-12-13-60-16-17-62-20-21-64-24-25-66-28-29-68-32-33-70-36-37-72-39-38-71-35-34-69-31-30-67-27-26-65-23-22-63-19-18-61-15-14-59-11-10-57-5;/h6-7,41,46-50H,8-40H2,1-5H3;1H/q+1;/p-1/t46-,47-,48+,49-,50-;/m1./s1. The van der Waals surface area contributed by atoms with E-state index in [-0.39, 0.29) is 30.6 Å². The minimum Gasteiger partial charge on any atom is -1.00 e. The van der Waals surface area contributed by atoms with E-state index in [9.17, 15) is 19.2 Å². The van der Waals surface area contributed by atoms with Gasteiger partial charge in [-0.25, -0.2) is 9.13 Å². The predicted molar refractivity (Wildman–Crippen MR) is 266 cm³/mol. The van der Waals surface area contributed by atoms with E-state index >= 15 is 0 Å². The predicted octanol–water partition coefficient (Wildman–Crippen LogP) is -3.07. The Hall–Kier alpha value is -2.86.